The zero-order chi connectivity index (χ0) is 50.7. The zero-order valence-corrected chi connectivity index (χ0v) is 50.7. The van der Waals surface area contributed by atoms with Crippen LogP contribution < -0.4 is 0 Å². The van der Waals surface area contributed by atoms with E-state index in [1.807, 2.05) is 0 Å². The van der Waals surface area contributed by atoms with Crippen molar-refractivity contribution in [2.45, 2.75) is 298 Å². The average molecular weight is 898 g/mol. The molecule has 0 amide bonds. The van der Waals surface area contributed by atoms with Gasteiger partial charge in [0, 0.05) is 0 Å². The number of hydrogen-bond donors (Lipinski definition) is 0. The van der Waals surface area contributed by atoms with Gasteiger partial charge in [0.2, 0.25) is 0 Å². The molecule has 0 bridgehead atoms. The Bertz CT molecular complexity index is 1200. The van der Waals surface area contributed by atoms with E-state index >= 15 is 0 Å². The van der Waals surface area contributed by atoms with Crippen molar-refractivity contribution >= 4 is 0 Å². The first-order valence-electron chi connectivity index (χ1n) is 28.1. The van der Waals surface area contributed by atoms with Crippen LogP contribution in [0.3, 0.4) is 0 Å². The van der Waals surface area contributed by atoms with Gasteiger partial charge in [-0.3, -0.25) is 0 Å². The average Bonchev–Trinajstić information content (AvgIpc) is 3.71. The van der Waals surface area contributed by atoms with Gasteiger partial charge < -0.3 is 0 Å². The normalized spacial score (nSPS) is 31.0. The van der Waals surface area contributed by atoms with Crippen molar-refractivity contribution in [1.82, 2.24) is 0 Å². The quantitative estimate of drug-likeness (QED) is 0.227. The first-order valence-corrected chi connectivity index (χ1v) is 28.1. The van der Waals surface area contributed by atoms with Gasteiger partial charge in [-0.1, -0.05) is 233 Å². The predicted octanol–water partition coefficient (Wildman–Crippen LogP) is 22.1. The molecule has 0 N–H and O–H groups in total. The molecule has 5 aliphatic rings. The molecule has 0 aliphatic heterocycles. The summed E-state index contributed by atoms with van der Waals surface area (Å²) in [6, 6.07) is 0. The maximum absolute atomic E-state index is 2.42. The van der Waals surface area contributed by atoms with E-state index in [-0.39, 0.29) is 0 Å². The van der Waals surface area contributed by atoms with E-state index in [1.54, 1.807) is 0 Å². The highest BCUT2D eigenvalue weighted by Crippen LogP contribution is 2.58. The van der Waals surface area contributed by atoms with Crippen LogP contribution in [0.4, 0.5) is 0 Å². The summed E-state index contributed by atoms with van der Waals surface area (Å²) in [5, 5.41) is 0. The zero-order valence-electron chi connectivity index (χ0n) is 50.7. The third-order valence-corrected chi connectivity index (χ3v) is 18.4. The first-order chi connectivity index (χ1) is 28.1. The van der Waals surface area contributed by atoms with E-state index in [0.29, 0.717) is 54.1 Å². The van der Waals surface area contributed by atoms with Crippen molar-refractivity contribution in [3.05, 3.63) is 0 Å². The van der Waals surface area contributed by atoms with Gasteiger partial charge in [0.25, 0.3) is 0 Å². The molecule has 0 spiro atoms. The van der Waals surface area contributed by atoms with Crippen LogP contribution in [0.5, 0.6) is 0 Å². The smallest absolute Gasteiger partial charge is 0.0329 e. The summed E-state index contributed by atoms with van der Waals surface area (Å²) in [4.78, 5) is 0. The van der Waals surface area contributed by atoms with Gasteiger partial charge in [0.05, 0.1) is 0 Å². The Morgan fingerprint density at radius 2 is 0.359 bits per heavy atom. The summed E-state index contributed by atoms with van der Waals surface area (Å²) in [6.45, 7) is 71.9. The Morgan fingerprint density at radius 3 is 0.531 bits per heavy atom. The lowest BCUT2D eigenvalue weighted by Crippen LogP contribution is -2.43. The van der Waals surface area contributed by atoms with Crippen LogP contribution >= 0.6 is 0 Å². The molecule has 0 heterocycles. The molecular weight excluding hydrogens is 769 g/mol. The lowest BCUT2D eigenvalue weighted by Gasteiger charge is -2.51. The van der Waals surface area contributed by atoms with Crippen molar-refractivity contribution in [2.75, 3.05) is 0 Å². The molecule has 0 aromatic rings. The minimum atomic E-state index is 0.498. The van der Waals surface area contributed by atoms with Crippen molar-refractivity contribution < 1.29 is 0 Å². The van der Waals surface area contributed by atoms with E-state index < -0.39 is 0 Å². The monoisotopic (exact) mass is 897 g/mol. The Labute approximate surface area is 409 Å². The van der Waals surface area contributed by atoms with Crippen molar-refractivity contribution in [3.8, 4) is 0 Å². The second kappa shape index (κ2) is 22.4. The molecule has 0 heteroatoms. The van der Waals surface area contributed by atoms with E-state index in [0.717, 1.165) is 59.2 Å². The molecule has 0 aromatic heterocycles. The molecule has 64 heavy (non-hydrogen) atoms. The van der Waals surface area contributed by atoms with Crippen LogP contribution in [-0.2, 0) is 0 Å². The third kappa shape index (κ3) is 20.5. The van der Waals surface area contributed by atoms with Gasteiger partial charge in [-0.05, 0) is 178 Å². The molecule has 10 unspecified atom stereocenters. The highest BCUT2D eigenvalue weighted by atomic mass is 14.6. The first kappa shape index (κ1) is 62.0. The van der Waals surface area contributed by atoms with E-state index in [9.17, 15) is 0 Å². The minimum Gasteiger partial charge on any atom is -0.0599 e. The maximum Gasteiger partial charge on any atom is -0.0329 e. The fraction of sp³-hybridized carbons (Fsp3) is 1.00. The number of rotatable bonds is 0. The molecule has 5 saturated carbocycles. The van der Waals surface area contributed by atoms with Gasteiger partial charge in [-0.2, -0.15) is 0 Å². The summed E-state index contributed by atoms with van der Waals surface area (Å²) >= 11 is 0. The summed E-state index contributed by atoms with van der Waals surface area (Å²) in [5.74, 6) is 9.48. The molecule has 0 nitrogen and oxygen atoms in total. The minimum absolute atomic E-state index is 0.498. The Balaban J connectivity index is 0.000000401. The van der Waals surface area contributed by atoms with Crippen LogP contribution in [0.1, 0.15) is 298 Å². The summed E-state index contributed by atoms with van der Waals surface area (Å²) in [7, 11) is 0. The molecule has 5 aliphatic carbocycles. The van der Waals surface area contributed by atoms with Crippen molar-refractivity contribution in [3.63, 3.8) is 0 Å². The van der Waals surface area contributed by atoms with Crippen molar-refractivity contribution in [2.24, 2.45) is 113 Å². The van der Waals surface area contributed by atoms with Gasteiger partial charge in [-0.25, -0.2) is 0 Å². The molecular formula is C64H128. The van der Waals surface area contributed by atoms with Crippen molar-refractivity contribution in [1.29, 1.82) is 0 Å². The van der Waals surface area contributed by atoms with Crippen LogP contribution in [0, 0.1) is 113 Å². The Kier molecular flexibility index (Phi) is 21.7. The molecule has 0 radical (unpaired) electrons. The third-order valence-electron chi connectivity index (χ3n) is 18.4. The van der Waals surface area contributed by atoms with Gasteiger partial charge >= 0.3 is 0 Å². The molecule has 0 aromatic carbocycles. The molecule has 5 fully saturated rings. The lowest BCUT2D eigenvalue weighted by molar-refractivity contribution is -0.0163. The SMILES string of the molecule is CC(C)(C)C1CC1C(C)(C)C.CC(C)(C)C1CCC1C(C)(C)C.CC(C)(C)C1CCCC(C(C)(C)C)C1.CC(C)(C)C1CCCC1C(C)(C)C.CC(C)(C)C1CCCCC1C(C)(C)C. The van der Waals surface area contributed by atoms with Crippen LogP contribution in [-0.4, -0.2) is 0 Å². The lowest BCUT2D eigenvalue weighted by atomic mass is 9.54. The van der Waals surface area contributed by atoms with Crippen LogP contribution in [0.25, 0.3) is 0 Å². The van der Waals surface area contributed by atoms with Crippen LogP contribution in [0.15, 0.2) is 0 Å². The Morgan fingerprint density at radius 1 is 0.172 bits per heavy atom. The highest BCUT2D eigenvalue weighted by molar-refractivity contribution is 5.00. The predicted molar refractivity (Wildman–Crippen MR) is 294 cm³/mol. The summed E-state index contributed by atoms with van der Waals surface area (Å²) in [6.07, 6.45) is 20.3. The fourth-order valence-electron chi connectivity index (χ4n) is 13.7. The molecule has 5 rings (SSSR count). The van der Waals surface area contributed by atoms with E-state index in [2.05, 4.69) is 208 Å². The second-order valence-electron chi connectivity index (χ2n) is 34.1. The number of hydrogen-bond acceptors (Lipinski definition) is 0. The standard InChI is InChI=1S/2C14H28.C13H26.C12H24.C11H22/c1-13(2,3)11-8-7-9-12(10-11)14(4,5)6;1-13(2,3)11-9-7-8-10-12(11)14(4,5)6;1-12(2,3)10-8-7-9-11(10)13(4,5)6;1-11(2,3)9-7-8-10(9)12(4,5)6;1-10(2,3)8-7-9(8)11(4,5)6/h2*11-12H,7-10H2,1-6H3;10-11H,7-9H2,1-6H3;9-10H,7-8H2,1-6H3;8-9H,7H2,1-6H3. The summed E-state index contributed by atoms with van der Waals surface area (Å²) < 4.78 is 0. The largest absolute Gasteiger partial charge is 0.0599 e. The topological polar surface area (TPSA) is 0 Å². The second-order valence-corrected chi connectivity index (χ2v) is 34.1. The summed E-state index contributed by atoms with van der Waals surface area (Å²) in [5.41, 5.74) is 5.18. The fourth-order valence-corrected chi connectivity index (χ4v) is 13.7. The van der Waals surface area contributed by atoms with E-state index in [4.69, 9.17) is 0 Å². The Hall–Kier alpha value is 0. The van der Waals surface area contributed by atoms with Gasteiger partial charge in [0.15, 0.2) is 0 Å². The highest BCUT2D eigenvalue weighted by Gasteiger charge is 2.50. The van der Waals surface area contributed by atoms with Gasteiger partial charge in [0.1, 0.15) is 0 Å². The molecule has 10 atom stereocenters. The van der Waals surface area contributed by atoms with E-state index in [1.165, 1.54) is 89.9 Å². The molecule has 0 saturated heterocycles. The van der Waals surface area contributed by atoms with Crippen LogP contribution in [0.2, 0.25) is 0 Å². The molecule has 384 valence electrons. The van der Waals surface area contributed by atoms with Gasteiger partial charge in [-0.15, -0.1) is 0 Å². The maximum atomic E-state index is 2.42.